The number of aromatic hydroxyl groups is 2. The summed E-state index contributed by atoms with van der Waals surface area (Å²) in [6, 6.07) is 17.9. The van der Waals surface area contributed by atoms with Crippen LogP contribution in [0.25, 0.3) is 0 Å². The van der Waals surface area contributed by atoms with Crippen LogP contribution < -0.4 is 16.0 Å². The Balaban J connectivity index is 0.000000624. The molecule has 0 aliphatic carbocycles. The first kappa shape index (κ1) is 40.8. The van der Waals surface area contributed by atoms with E-state index in [1.165, 1.54) is 11.1 Å². The molecule has 270 valence electrons. The fourth-order valence-electron chi connectivity index (χ4n) is 6.02. The average Bonchev–Trinajstić information content (AvgIpc) is 2.99. The third-order valence-electron chi connectivity index (χ3n) is 9.25. The fraction of sp³-hybridized carbons (Fsp3) is 0.548. The molecule has 1 aliphatic rings. The number of phenols is 2. The van der Waals surface area contributed by atoms with Crippen molar-refractivity contribution < 1.29 is 31.0 Å². The second-order valence-electron chi connectivity index (χ2n) is 17.6. The van der Waals surface area contributed by atoms with Crippen molar-refractivity contribution in [2.45, 2.75) is 143 Å². The molecular weight excluding hydrogens is 649 g/mol. The molecule has 4 rings (SSSR count). The molecule has 0 bridgehead atoms. The van der Waals surface area contributed by atoms with Crippen LogP contribution in [0.4, 0.5) is 0 Å². The second kappa shape index (κ2) is 16.1. The number of hydrogen-bond donors (Lipinski definition) is 5. The van der Waals surface area contributed by atoms with E-state index >= 15 is 0 Å². The molecule has 0 amide bonds. The number of carbonyl (C=O) groups is 1. The van der Waals surface area contributed by atoms with Gasteiger partial charge in [0.15, 0.2) is 0 Å². The van der Waals surface area contributed by atoms with Crippen LogP contribution in [0.3, 0.4) is 0 Å². The van der Waals surface area contributed by atoms with Crippen LogP contribution in [-0.2, 0) is 50.8 Å². The molecule has 1 heterocycles. The number of rotatable bonds is 7. The number of hydrogen-bond acceptors (Lipinski definition) is 6. The molecule has 0 aromatic heterocycles. The van der Waals surface area contributed by atoms with E-state index in [4.69, 9.17) is 0 Å². The van der Waals surface area contributed by atoms with Crippen LogP contribution in [0.2, 0.25) is 0 Å². The predicted molar refractivity (Wildman–Crippen MR) is 200 cm³/mol. The van der Waals surface area contributed by atoms with Crippen LogP contribution in [0.15, 0.2) is 54.6 Å². The second-order valence-corrected chi connectivity index (χ2v) is 18.2. The van der Waals surface area contributed by atoms with Crippen LogP contribution in [-0.4, -0.2) is 33.6 Å². The van der Waals surface area contributed by atoms with Crippen molar-refractivity contribution in [3.63, 3.8) is 0 Å². The van der Waals surface area contributed by atoms with Gasteiger partial charge in [-0.25, -0.2) is 0 Å². The van der Waals surface area contributed by atoms with Crippen molar-refractivity contribution in [1.82, 2.24) is 16.0 Å². The Kier molecular flexibility index (Phi) is 13.4. The summed E-state index contributed by atoms with van der Waals surface area (Å²) in [5.41, 5.74) is 6.74. The van der Waals surface area contributed by atoms with E-state index in [-0.39, 0.29) is 38.5 Å². The normalized spacial score (nSPS) is 17.3. The molecule has 0 radical (unpaired) electrons. The Morgan fingerprint density at radius 3 is 1.55 bits per heavy atom. The molecule has 1 saturated heterocycles. The van der Waals surface area contributed by atoms with E-state index in [1.54, 1.807) is 12.1 Å². The van der Waals surface area contributed by atoms with Gasteiger partial charge in [0.25, 0.3) is 0 Å². The molecule has 0 unspecified atom stereocenters. The van der Waals surface area contributed by atoms with Gasteiger partial charge in [0.2, 0.25) is 0 Å². The van der Waals surface area contributed by atoms with Crippen molar-refractivity contribution in [2.75, 3.05) is 6.54 Å². The third kappa shape index (κ3) is 11.4. The van der Waals surface area contributed by atoms with Gasteiger partial charge in [-0.2, -0.15) is 0 Å². The van der Waals surface area contributed by atoms with Crippen molar-refractivity contribution in [3.8, 4) is 11.5 Å². The molecular formula is C42H62MnN3O3. The van der Waals surface area contributed by atoms with Gasteiger partial charge in [0.1, 0.15) is 11.5 Å². The molecule has 2 atom stereocenters. The van der Waals surface area contributed by atoms with Crippen molar-refractivity contribution >= 4 is 4.68 Å². The van der Waals surface area contributed by atoms with Gasteiger partial charge >= 0.3 is 61.4 Å². The van der Waals surface area contributed by atoms with E-state index < -0.39 is 0 Å². The topological polar surface area (TPSA) is 93.6 Å². The van der Waals surface area contributed by atoms with Crippen molar-refractivity contribution in [1.29, 1.82) is 0 Å². The Bertz CT molecular complexity index is 1460. The molecule has 6 nitrogen and oxygen atoms in total. The SMILES string of the molecule is CC(C)(C)c1cc(CN[C@H]2NCCC[C@@H]2NCc2cc(C(C)(C)C)cc(C(C)(C)C)c2O)c(O)c(C(C)(C)C)c1.O=[C]([Mn])c1ccccc1. The molecule has 3 aromatic rings. The number of benzene rings is 3. The zero-order valence-electron chi connectivity index (χ0n) is 32.1. The number of phenolic OH excluding ortho intramolecular Hbond substituents is 2. The standard InChI is InChI=1S/C35H57N3O2.C7H5O.Mn/c1-32(2,3)24-16-22(29(39)26(18-24)34(7,8)9)20-37-28-14-13-15-36-31(28)38-21-23-17-25(33(4,5)6)19-27(30(23)40)35(10,11)12;8-6-7-4-2-1-3-5-7;/h16-19,28,31,36-40H,13-15,20-21H2,1-12H3;1-5H;/t28-,31+;;/m0../s1. The van der Waals surface area contributed by atoms with Gasteiger partial charge in [-0.3, -0.25) is 5.32 Å². The molecule has 0 saturated carbocycles. The van der Waals surface area contributed by atoms with Gasteiger partial charge in [-0.1, -0.05) is 107 Å². The zero-order chi connectivity index (χ0) is 36.9. The van der Waals surface area contributed by atoms with Gasteiger partial charge in [-0.05, 0) is 63.3 Å². The first-order valence-electron chi connectivity index (χ1n) is 17.7. The molecule has 0 spiro atoms. The molecule has 7 heteroatoms. The van der Waals surface area contributed by atoms with Crippen LogP contribution >= 0.6 is 0 Å². The zero-order valence-corrected chi connectivity index (χ0v) is 33.2. The average molecular weight is 712 g/mol. The summed E-state index contributed by atoms with van der Waals surface area (Å²) in [6.07, 6.45) is 2.19. The number of carbonyl (C=O) groups excluding carboxylic acids is 1. The quantitative estimate of drug-likeness (QED) is 0.158. The minimum atomic E-state index is -0.150. The summed E-state index contributed by atoms with van der Waals surface area (Å²) in [7, 11) is 0. The van der Waals surface area contributed by atoms with E-state index in [1.807, 2.05) is 18.2 Å². The summed E-state index contributed by atoms with van der Waals surface area (Å²) in [5.74, 6) is 0.798. The molecule has 49 heavy (non-hydrogen) atoms. The first-order chi connectivity index (χ1) is 22.5. The van der Waals surface area contributed by atoms with E-state index in [0.717, 1.165) is 41.6 Å². The molecule has 3 aromatic carbocycles. The summed E-state index contributed by atoms with van der Waals surface area (Å²) in [6.45, 7) is 28.4. The predicted octanol–water partition coefficient (Wildman–Crippen LogP) is 8.62. The van der Waals surface area contributed by atoms with Crippen LogP contribution in [0.1, 0.15) is 140 Å². The summed E-state index contributed by atoms with van der Waals surface area (Å²) in [5, 5.41) is 33.7. The maximum absolute atomic E-state index is 11.3. The monoisotopic (exact) mass is 711 g/mol. The summed E-state index contributed by atoms with van der Waals surface area (Å²) < 4.78 is -0.0666. The fourth-order valence-corrected chi connectivity index (χ4v) is 6.22. The number of nitrogens with one attached hydrogen (secondary N) is 3. The van der Waals surface area contributed by atoms with Gasteiger partial charge in [0, 0.05) is 30.3 Å². The minimum absolute atomic E-state index is 0.00552. The van der Waals surface area contributed by atoms with Gasteiger partial charge < -0.3 is 20.8 Å². The molecule has 1 aliphatic heterocycles. The molecule has 5 N–H and O–H groups in total. The Morgan fingerprint density at radius 1 is 0.714 bits per heavy atom. The third-order valence-corrected chi connectivity index (χ3v) is 9.59. The Labute approximate surface area is 305 Å². The summed E-state index contributed by atoms with van der Waals surface area (Å²) in [4.78, 5) is 10.6. The Morgan fingerprint density at radius 2 is 1.16 bits per heavy atom. The van der Waals surface area contributed by atoms with E-state index in [0.29, 0.717) is 30.2 Å². The number of piperidine rings is 1. The van der Waals surface area contributed by atoms with Crippen molar-refractivity contribution in [2.24, 2.45) is 0 Å². The van der Waals surface area contributed by atoms with Crippen LogP contribution in [0, 0.1) is 0 Å². The van der Waals surface area contributed by atoms with Crippen molar-refractivity contribution in [3.05, 3.63) is 93.5 Å². The van der Waals surface area contributed by atoms with Gasteiger partial charge in [-0.15, -0.1) is 0 Å². The maximum atomic E-state index is 11.3. The first-order valence-corrected chi connectivity index (χ1v) is 18.3. The van der Waals surface area contributed by atoms with E-state index in [9.17, 15) is 15.0 Å². The van der Waals surface area contributed by atoms with Gasteiger partial charge in [0.05, 0.1) is 6.17 Å². The molecule has 1 fully saturated rings. The van der Waals surface area contributed by atoms with Crippen LogP contribution in [0.5, 0.6) is 11.5 Å². The summed E-state index contributed by atoms with van der Waals surface area (Å²) >= 11 is 2.84. The Hall–Kier alpha value is -2.67. The van der Waals surface area contributed by atoms with E-state index in [2.05, 4.69) is 139 Å².